The summed E-state index contributed by atoms with van der Waals surface area (Å²) in [6, 6.07) is -0.596. The highest BCUT2D eigenvalue weighted by molar-refractivity contribution is 5.80. The third-order valence-corrected chi connectivity index (χ3v) is 2.26. The summed E-state index contributed by atoms with van der Waals surface area (Å²) in [5, 5.41) is 5.40. The van der Waals surface area contributed by atoms with E-state index in [2.05, 4.69) is 10.6 Å². The number of urea groups is 2. The van der Waals surface area contributed by atoms with Crippen molar-refractivity contribution in [2.75, 3.05) is 19.6 Å². The first-order chi connectivity index (χ1) is 5.61. The second-order valence-corrected chi connectivity index (χ2v) is 3.28. The first-order valence-electron chi connectivity index (χ1n) is 3.72. The minimum atomic E-state index is -0.429. The van der Waals surface area contributed by atoms with E-state index in [0.29, 0.717) is 19.6 Å². The average Bonchev–Trinajstić information content (AvgIpc) is 2.27. The molecule has 2 heterocycles. The number of carbonyl (C=O) groups excluding carboxylic acids is 2. The van der Waals surface area contributed by atoms with E-state index < -0.39 is 6.03 Å². The fourth-order valence-corrected chi connectivity index (χ4v) is 1.61. The van der Waals surface area contributed by atoms with Crippen molar-refractivity contribution in [1.82, 2.24) is 15.5 Å². The molecule has 0 bridgehead atoms. The lowest BCUT2D eigenvalue weighted by atomic mass is 9.91. The normalized spacial score (nSPS) is 24.7. The Kier molecular flexibility index (Phi) is 1.22. The second kappa shape index (κ2) is 2.02. The lowest BCUT2D eigenvalue weighted by molar-refractivity contribution is 0.0977. The van der Waals surface area contributed by atoms with Gasteiger partial charge in [-0.1, -0.05) is 0 Å². The molecule has 6 nitrogen and oxygen atoms in total. The Morgan fingerprint density at radius 3 is 2.67 bits per heavy atom. The van der Waals surface area contributed by atoms with Crippen LogP contribution in [-0.4, -0.2) is 42.1 Å². The molecule has 0 unspecified atom stereocenters. The van der Waals surface area contributed by atoms with E-state index in [-0.39, 0.29) is 11.6 Å². The van der Waals surface area contributed by atoms with Gasteiger partial charge in [0.2, 0.25) is 0 Å². The molecule has 66 valence electrons. The fourth-order valence-electron chi connectivity index (χ4n) is 1.61. The molecule has 4 amide bonds. The van der Waals surface area contributed by atoms with Crippen LogP contribution in [0, 0.1) is 0 Å². The maximum absolute atomic E-state index is 10.8. The Bertz CT molecular complexity index is 246. The third kappa shape index (κ3) is 0.876. The number of carbonyl (C=O) groups is 2. The monoisotopic (exact) mass is 170 g/mol. The molecule has 1 spiro atoms. The SMILES string of the molecule is NC(=O)N1CC2(CNC(=O)N2)C1. The van der Waals surface area contributed by atoms with E-state index >= 15 is 0 Å². The van der Waals surface area contributed by atoms with Gasteiger partial charge in [-0.2, -0.15) is 0 Å². The van der Waals surface area contributed by atoms with Crippen LogP contribution in [0.3, 0.4) is 0 Å². The highest BCUT2D eigenvalue weighted by Crippen LogP contribution is 2.22. The Hall–Kier alpha value is -1.46. The summed E-state index contributed by atoms with van der Waals surface area (Å²) in [5.41, 5.74) is 4.79. The van der Waals surface area contributed by atoms with E-state index in [9.17, 15) is 9.59 Å². The van der Waals surface area contributed by atoms with Gasteiger partial charge in [0.1, 0.15) is 0 Å². The van der Waals surface area contributed by atoms with E-state index in [4.69, 9.17) is 5.73 Å². The zero-order valence-corrected chi connectivity index (χ0v) is 6.46. The molecule has 0 aromatic carbocycles. The summed E-state index contributed by atoms with van der Waals surface area (Å²) >= 11 is 0. The van der Waals surface area contributed by atoms with Gasteiger partial charge in [0.05, 0.1) is 5.54 Å². The highest BCUT2D eigenvalue weighted by Gasteiger charge is 2.49. The Morgan fingerprint density at radius 2 is 2.25 bits per heavy atom. The molecule has 2 aliphatic rings. The van der Waals surface area contributed by atoms with Crippen LogP contribution in [0.25, 0.3) is 0 Å². The van der Waals surface area contributed by atoms with Crippen molar-refractivity contribution in [3.8, 4) is 0 Å². The van der Waals surface area contributed by atoms with Crippen LogP contribution in [0.5, 0.6) is 0 Å². The van der Waals surface area contributed by atoms with Gasteiger partial charge in [0.25, 0.3) is 0 Å². The van der Waals surface area contributed by atoms with Crippen LogP contribution in [-0.2, 0) is 0 Å². The molecule has 0 aromatic heterocycles. The maximum Gasteiger partial charge on any atom is 0.315 e. The minimum absolute atomic E-state index is 0.167. The van der Waals surface area contributed by atoms with Gasteiger partial charge in [-0.3, -0.25) is 0 Å². The number of amides is 4. The summed E-state index contributed by atoms with van der Waals surface area (Å²) in [7, 11) is 0. The molecule has 12 heavy (non-hydrogen) atoms. The summed E-state index contributed by atoms with van der Waals surface area (Å²) in [6.45, 7) is 1.61. The first-order valence-corrected chi connectivity index (χ1v) is 3.72. The number of nitrogens with zero attached hydrogens (tertiary/aromatic N) is 1. The fraction of sp³-hybridized carbons (Fsp3) is 0.667. The van der Waals surface area contributed by atoms with Crippen LogP contribution >= 0.6 is 0 Å². The van der Waals surface area contributed by atoms with Crippen LogP contribution in [0.4, 0.5) is 9.59 Å². The number of hydrogen-bond donors (Lipinski definition) is 3. The summed E-state index contributed by atoms with van der Waals surface area (Å²) < 4.78 is 0. The topological polar surface area (TPSA) is 87.5 Å². The van der Waals surface area contributed by atoms with Crippen molar-refractivity contribution in [1.29, 1.82) is 0 Å². The molecular weight excluding hydrogens is 160 g/mol. The lowest BCUT2D eigenvalue weighted by Crippen LogP contribution is -2.70. The number of rotatable bonds is 0. The van der Waals surface area contributed by atoms with Gasteiger partial charge in [-0.05, 0) is 0 Å². The van der Waals surface area contributed by atoms with Crippen LogP contribution in [0.1, 0.15) is 0 Å². The summed E-state index contributed by atoms with van der Waals surface area (Å²) in [5.74, 6) is 0. The van der Waals surface area contributed by atoms with Crippen molar-refractivity contribution in [3.63, 3.8) is 0 Å². The zero-order valence-electron chi connectivity index (χ0n) is 6.46. The maximum atomic E-state index is 10.8. The Labute approximate surface area is 69.1 Å². The minimum Gasteiger partial charge on any atom is -0.351 e. The molecule has 0 aromatic rings. The number of likely N-dealkylation sites (tertiary alicyclic amines) is 1. The van der Waals surface area contributed by atoms with Crippen molar-refractivity contribution in [2.24, 2.45) is 5.73 Å². The van der Waals surface area contributed by atoms with Crippen molar-refractivity contribution in [3.05, 3.63) is 0 Å². The number of hydrogen-bond acceptors (Lipinski definition) is 2. The summed E-state index contributed by atoms with van der Waals surface area (Å²) in [4.78, 5) is 22.9. The zero-order chi connectivity index (χ0) is 8.77. The Morgan fingerprint density at radius 1 is 1.58 bits per heavy atom. The van der Waals surface area contributed by atoms with Gasteiger partial charge >= 0.3 is 12.1 Å². The number of nitrogens with one attached hydrogen (secondary N) is 2. The van der Waals surface area contributed by atoms with Crippen molar-refractivity contribution < 1.29 is 9.59 Å². The van der Waals surface area contributed by atoms with E-state index in [0.717, 1.165) is 0 Å². The molecule has 2 fully saturated rings. The van der Waals surface area contributed by atoms with Gasteiger partial charge in [-0.25, -0.2) is 9.59 Å². The molecule has 2 aliphatic heterocycles. The van der Waals surface area contributed by atoms with Crippen LogP contribution < -0.4 is 16.4 Å². The van der Waals surface area contributed by atoms with E-state index in [1.54, 1.807) is 0 Å². The van der Waals surface area contributed by atoms with Gasteiger partial charge in [-0.15, -0.1) is 0 Å². The highest BCUT2D eigenvalue weighted by atomic mass is 16.2. The smallest absolute Gasteiger partial charge is 0.315 e. The largest absolute Gasteiger partial charge is 0.351 e. The van der Waals surface area contributed by atoms with Gasteiger partial charge in [0.15, 0.2) is 0 Å². The van der Waals surface area contributed by atoms with Gasteiger partial charge in [0, 0.05) is 19.6 Å². The first kappa shape index (κ1) is 7.20. The van der Waals surface area contributed by atoms with Crippen LogP contribution in [0.2, 0.25) is 0 Å². The third-order valence-electron chi connectivity index (χ3n) is 2.26. The predicted octanol–water partition coefficient (Wildman–Crippen LogP) is -1.57. The lowest BCUT2D eigenvalue weighted by Gasteiger charge is -2.45. The predicted molar refractivity (Wildman–Crippen MR) is 40.4 cm³/mol. The van der Waals surface area contributed by atoms with Crippen molar-refractivity contribution in [2.45, 2.75) is 5.54 Å². The molecule has 0 radical (unpaired) electrons. The summed E-state index contributed by atoms with van der Waals surface area (Å²) in [6.07, 6.45) is 0. The Balaban J connectivity index is 1.95. The molecule has 0 aliphatic carbocycles. The van der Waals surface area contributed by atoms with Gasteiger partial charge < -0.3 is 21.3 Å². The van der Waals surface area contributed by atoms with Crippen LogP contribution in [0.15, 0.2) is 0 Å². The van der Waals surface area contributed by atoms with E-state index in [1.165, 1.54) is 4.90 Å². The quantitative estimate of drug-likeness (QED) is 0.410. The van der Waals surface area contributed by atoms with Crippen molar-refractivity contribution >= 4 is 12.1 Å². The molecule has 0 saturated carbocycles. The van der Waals surface area contributed by atoms with E-state index in [1.807, 2.05) is 0 Å². The molecule has 6 heteroatoms. The average molecular weight is 170 g/mol. The number of primary amides is 1. The molecule has 2 saturated heterocycles. The molecular formula is C6H10N4O2. The molecule has 2 rings (SSSR count). The standard InChI is InChI=1S/C6H10N4O2/c7-4(11)10-2-6(3-10)1-8-5(12)9-6/h1-3H2,(H2,7,11)(H2,8,9,12). The second-order valence-electron chi connectivity index (χ2n) is 3.28. The molecule has 0 atom stereocenters. The molecule has 4 N–H and O–H groups in total. The number of nitrogens with two attached hydrogens (primary N) is 1.